The van der Waals surface area contributed by atoms with Gasteiger partial charge in [-0.3, -0.25) is 60.7 Å². The van der Waals surface area contributed by atoms with E-state index in [1.807, 2.05) is 29.2 Å². The number of morpholine rings is 1. The van der Waals surface area contributed by atoms with Crippen LogP contribution in [0.4, 0.5) is 82.3 Å². The molecule has 0 unspecified atom stereocenters. The van der Waals surface area contributed by atoms with Gasteiger partial charge in [0.25, 0.3) is 59.7 Å². The van der Waals surface area contributed by atoms with Crippen molar-refractivity contribution < 1.29 is 121 Å². The number of halogens is 12. The number of imidazole rings is 4. The van der Waals surface area contributed by atoms with Crippen molar-refractivity contribution in [1.82, 2.24) is 103 Å². The molecule has 2 aromatic carbocycles. The molecule has 6 saturated heterocycles. The molecular formula is C92H103F12N29O17. The van der Waals surface area contributed by atoms with Crippen LogP contribution < -0.4 is 72.3 Å². The van der Waals surface area contributed by atoms with Crippen molar-refractivity contribution in [1.29, 1.82) is 0 Å². The third-order valence-corrected chi connectivity index (χ3v) is 22.8. The van der Waals surface area contributed by atoms with E-state index >= 15 is 0 Å². The number of nitrogens with one attached hydrogen (secondary N) is 5. The number of hydrogen-bond donors (Lipinski definition) is 9. The van der Waals surface area contributed by atoms with Crippen molar-refractivity contribution in [2.24, 2.45) is 21.1 Å². The summed E-state index contributed by atoms with van der Waals surface area (Å²) in [5.74, 6) is 16.5. The van der Waals surface area contributed by atoms with E-state index in [1.54, 1.807) is 103 Å². The second kappa shape index (κ2) is 53.0. The van der Waals surface area contributed by atoms with E-state index in [2.05, 4.69) is 128 Å². The Labute approximate surface area is 846 Å². The lowest BCUT2D eigenvalue weighted by Gasteiger charge is -2.38. The van der Waals surface area contributed by atoms with Gasteiger partial charge in [0.1, 0.15) is 11.5 Å². The summed E-state index contributed by atoms with van der Waals surface area (Å²) in [7, 11) is 6.48. The average Bonchev–Trinajstić information content (AvgIpc) is 1.58. The number of likely N-dealkylation sites (tertiary alicyclic amines) is 1. The number of alkyl halides is 12. The average molecular weight is 2110 g/mol. The van der Waals surface area contributed by atoms with Gasteiger partial charge in [0, 0.05) is 159 Å². The van der Waals surface area contributed by atoms with E-state index < -0.39 is 54.2 Å². The van der Waals surface area contributed by atoms with E-state index in [1.165, 1.54) is 18.6 Å². The van der Waals surface area contributed by atoms with Gasteiger partial charge in [-0.25, -0.2) is 43.9 Å². The van der Waals surface area contributed by atoms with E-state index in [0.29, 0.717) is 138 Å². The fourth-order valence-electron chi connectivity index (χ4n) is 15.2. The van der Waals surface area contributed by atoms with E-state index in [4.69, 9.17) is 88.5 Å². The number of aromatic nitrogens is 14. The minimum absolute atomic E-state index is 0.0122. The van der Waals surface area contributed by atoms with Crippen molar-refractivity contribution in [3.63, 3.8) is 0 Å². The molecule has 58 heteroatoms. The van der Waals surface area contributed by atoms with E-state index in [-0.39, 0.29) is 71.7 Å². The summed E-state index contributed by atoms with van der Waals surface area (Å²) in [6, 6.07) is 14.2. The van der Waals surface area contributed by atoms with Gasteiger partial charge in [0.2, 0.25) is 23.8 Å². The predicted octanol–water partition coefficient (Wildman–Crippen LogP) is 5.28. The molecule has 3 amide bonds. The lowest BCUT2D eigenvalue weighted by Crippen LogP contribution is -2.62. The summed E-state index contributed by atoms with van der Waals surface area (Å²) in [4.78, 5) is 171. The summed E-state index contributed by atoms with van der Waals surface area (Å²) in [5, 5.41) is 45.0. The Morgan fingerprint density at radius 2 is 0.720 bits per heavy atom. The van der Waals surface area contributed by atoms with Crippen LogP contribution in [0.1, 0.15) is 77.6 Å². The SMILES string of the molecule is CC#CCn1c(N2CCNCC2)nc2nc(Oc3ccccc3C(=O)N3CCCC3)n(C)c(=O)c21.CC#CCn1c(N2CCNCC2)nc2nc(Oc3ccccc3C(=O)N3CCOCC3)n(C)c(=O)c21.O=C(O)C(F)(F)F.O=C(O)C(F)(F)F.O=C(O)C(F)(F)F.O=C(O)C(F)(F)F.[C-]#[N+]CC1(C[N+]#[C-])Nc2nc(N3CCNCC3)n(CC#CC)c2C(=O)N1C.[C-]#[N+]Cc1nc2nc(N3CCNCC3)n(CC#CC)c2c(=O)n1C. The number of para-hydroxylation sites is 2. The second-order valence-corrected chi connectivity index (χ2v) is 32.6. The van der Waals surface area contributed by atoms with Crippen LogP contribution in [0.2, 0.25) is 0 Å². The van der Waals surface area contributed by atoms with Gasteiger partial charge < -0.3 is 110 Å². The van der Waals surface area contributed by atoms with Gasteiger partial charge in [0.15, 0.2) is 50.8 Å². The fourth-order valence-corrected chi connectivity index (χ4v) is 15.2. The Morgan fingerprint density at radius 1 is 0.420 bits per heavy atom. The summed E-state index contributed by atoms with van der Waals surface area (Å²) in [6.07, 6.45) is -18.3. The maximum absolute atomic E-state index is 13.5. The van der Waals surface area contributed by atoms with Gasteiger partial charge in [-0.2, -0.15) is 82.6 Å². The molecule has 150 heavy (non-hydrogen) atoms. The first-order valence-corrected chi connectivity index (χ1v) is 45.6. The molecule has 16 rings (SSSR count). The first-order chi connectivity index (χ1) is 71.2. The third kappa shape index (κ3) is 29.6. The van der Waals surface area contributed by atoms with Crippen molar-refractivity contribution >= 4 is 105 Å². The zero-order valence-corrected chi connectivity index (χ0v) is 81.9. The van der Waals surface area contributed by atoms with Crippen LogP contribution in [0.3, 0.4) is 0 Å². The zero-order valence-electron chi connectivity index (χ0n) is 81.9. The number of rotatable bonds is 17. The number of aliphatic carboxylic acids is 4. The molecule has 9 aromatic rings. The lowest BCUT2D eigenvalue weighted by atomic mass is 10.1. The molecule has 802 valence electrons. The molecule has 7 aliphatic heterocycles. The molecule has 0 bridgehead atoms. The molecule has 6 fully saturated rings. The summed E-state index contributed by atoms with van der Waals surface area (Å²) in [5.41, 5.74) is 1.65. The molecule has 9 N–H and O–H groups in total. The lowest BCUT2D eigenvalue weighted by molar-refractivity contribution is -0.193. The number of piperazine rings is 4. The van der Waals surface area contributed by atoms with Crippen LogP contribution in [0.15, 0.2) is 62.9 Å². The molecule has 46 nitrogen and oxygen atoms in total. The molecular weight excluding hydrogens is 2010 g/mol. The Hall–Kier alpha value is -16.7. The number of hydrogen-bond acceptors (Lipinski definition) is 29. The summed E-state index contributed by atoms with van der Waals surface area (Å²) in [6.45, 7) is 46.7. The number of carbonyl (C=O) groups excluding carboxylic acids is 3. The standard InChI is InChI=1S/C25H29N7O4.C25H29N7O3.C18H22N8O.C16H19N7O.4C2HF3O2/c1-3-4-11-32-20-21(27-24(32)31-12-9-26-10-13-31)28-25(29(2)23(20)34)36-19-8-6-5-7-18(19)22(33)30-14-16-35-17-15-30;1-3-4-15-32-20-21(27-24(32)31-16-11-26-12-17-31)28-25(29(2)23(20)34)35-19-10-6-5-9-18(19)22(33)30-13-7-8-14-30;1-5-6-9-26-14-15(22-17(26)25-10-7-21-8-11-25)23-18(12-19-2,13-20-3)24(4)16(14)27;1-4-5-8-23-13-14(19-12(11-17-2)21(3)15(13)24)20-16(23)22-9-6-18-7-10-22;4*3-2(4,5)1(6)7/h5-8,26H,9-17H2,1-2H3;5-6,9-10,26H,7-8,11-17H2,1-2H3;21,23H,7-13H2,1,4H3;18H,6-11H2,1,3H3;4*(H,6,7). The highest BCUT2D eigenvalue weighted by molar-refractivity contribution is 6.01. The van der Waals surface area contributed by atoms with Crippen LogP contribution in [-0.2, 0) is 77.8 Å². The van der Waals surface area contributed by atoms with Crippen LogP contribution in [-0.4, -0.2) is 338 Å². The minimum atomic E-state index is -5.08. The van der Waals surface area contributed by atoms with E-state index in [0.717, 1.165) is 137 Å². The number of amides is 3. The first-order valence-electron chi connectivity index (χ1n) is 45.6. The largest absolute Gasteiger partial charge is 0.490 e. The second-order valence-electron chi connectivity index (χ2n) is 32.6. The number of likely N-dealkylation sites (N-methyl/N-ethyl adjacent to an activating group) is 1. The van der Waals surface area contributed by atoms with Crippen LogP contribution in [0.25, 0.3) is 48.0 Å². The summed E-state index contributed by atoms with van der Waals surface area (Å²) < 4.78 is 156. The molecule has 0 atom stereocenters. The maximum Gasteiger partial charge on any atom is 0.490 e. The molecule has 7 aliphatic rings. The minimum Gasteiger partial charge on any atom is -0.475 e. The van der Waals surface area contributed by atoms with E-state index in [9.17, 15) is 81.5 Å². The van der Waals surface area contributed by atoms with Crippen LogP contribution in [0.5, 0.6) is 23.5 Å². The Balaban J connectivity index is 0.000000205. The molecule has 0 radical (unpaired) electrons. The van der Waals surface area contributed by atoms with Crippen molar-refractivity contribution in [2.75, 3.05) is 189 Å². The fraction of sp³-hybridized carbons (Fsp3) is 0.478. The third-order valence-electron chi connectivity index (χ3n) is 22.8. The highest BCUT2D eigenvalue weighted by atomic mass is 19.4. The highest BCUT2D eigenvalue weighted by Gasteiger charge is 2.52. The number of fused-ring (bicyclic) bond motifs is 4. The number of ether oxygens (including phenoxy) is 3. The Bertz CT molecular complexity index is 6870. The Morgan fingerprint density at radius 3 is 1.03 bits per heavy atom. The van der Waals surface area contributed by atoms with Crippen LogP contribution >= 0.6 is 0 Å². The molecule has 0 spiro atoms. The number of anilines is 5. The zero-order chi connectivity index (χ0) is 110. The molecule has 0 aliphatic carbocycles. The van der Waals surface area contributed by atoms with Crippen molar-refractivity contribution in [2.45, 2.75) is 104 Å². The van der Waals surface area contributed by atoms with Gasteiger partial charge >= 0.3 is 60.6 Å². The Kier molecular flexibility index (Phi) is 41.3. The topological polar surface area (TPSA) is 500 Å². The predicted molar refractivity (Wildman–Crippen MR) is 516 cm³/mol. The normalized spacial score (nSPS) is 15.2. The van der Waals surface area contributed by atoms with Gasteiger partial charge in [0.05, 0.1) is 50.5 Å². The molecule has 14 heterocycles. The van der Waals surface area contributed by atoms with Crippen molar-refractivity contribution in [3.8, 4) is 70.9 Å². The number of nitrogens with zero attached hydrogens (tertiary/aromatic N) is 24. The smallest absolute Gasteiger partial charge is 0.475 e. The number of carbonyl (C=O) groups is 7. The molecule has 0 saturated carbocycles. The number of carboxylic acid groups (broad SMARTS) is 4. The number of benzene rings is 2. The van der Waals surface area contributed by atoms with Gasteiger partial charge in [-0.05, 0) is 64.8 Å². The quantitative estimate of drug-likeness (QED) is 0.0318. The summed E-state index contributed by atoms with van der Waals surface area (Å²) >= 11 is 0. The van der Waals surface area contributed by atoms with Crippen LogP contribution in [0, 0.1) is 67.1 Å². The van der Waals surface area contributed by atoms with Gasteiger partial charge in [-0.1, -0.05) is 47.9 Å². The first kappa shape index (κ1) is 117. The highest BCUT2D eigenvalue weighted by Crippen LogP contribution is 2.37. The van der Waals surface area contributed by atoms with Crippen molar-refractivity contribution in [3.05, 3.63) is 136 Å². The maximum atomic E-state index is 13.5. The number of carboxylic acids is 4. The van der Waals surface area contributed by atoms with Gasteiger partial charge in [-0.15, -0.1) is 23.7 Å². The molecule has 7 aromatic heterocycles. The monoisotopic (exact) mass is 2110 g/mol.